The first-order valence-corrected chi connectivity index (χ1v) is 9.19. The summed E-state index contributed by atoms with van der Waals surface area (Å²) in [5, 5.41) is 1.02. The lowest BCUT2D eigenvalue weighted by Gasteiger charge is -2.06. The Kier molecular flexibility index (Phi) is 5.17. The summed E-state index contributed by atoms with van der Waals surface area (Å²) in [5.41, 5.74) is 6.10. The van der Waals surface area contributed by atoms with E-state index in [0.29, 0.717) is 4.88 Å². The number of benzene rings is 2. The Labute approximate surface area is 148 Å². The summed E-state index contributed by atoms with van der Waals surface area (Å²) < 4.78 is 1.05. The lowest BCUT2D eigenvalue weighted by molar-refractivity contribution is -0.119. The molecule has 2 amide bonds. The highest BCUT2D eigenvalue weighted by atomic mass is 32.2. The molecule has 0 saturated carbocycles. The van der Waals surface area contributed by atoms with Crippen LogP contribution in [0.1, 0.15) is 15.2 Å². The molecule has 0 spiro atoms. The highest BCUT2D eigenvalue weighted by Gasteiger charge is 2.11. The Morgan fingerprint density at radius 2 is 1.79 bits per heavy atom. The number of fused-ring (bicyclic) bond motifs is 1. The van der Waals surface area contributed by atoms with E-state index in [0.717, 1.165) is 15.0 Å². The number of thiophene rings is 1. The molecule has 1 heterocycles. The van der Waals surface area contributed by atoms with Crippen LogP contribution in [0.4, 0.5) is 0 Å². The monoisotopic (exact) mass is 356 g/mol. The topological polar surface area (TPSA) is 58.2 Å². The average Bonchev–Trinajstić information content (AvgIpc) is 3.03. The molecule has 0 saturated heterocycles. The van der Waals surface area contributed by atoms with Gasteiger partial charge in [0.05, 0.1) is 10.6 Å². The van der Waals surface area contributed by atoms with Gasteiger partial charge in [0.1, 0.15) is 0 Å². The normalized spacial score (nSPS) is 10.5. The fourth-order valence-corrected chi connectivity index (χ4v) is 3.76. The number of amides is 2. The van der Waals surface area contributed by atoms with Gasteiger partial charge < -0.3 is 0 Å². The maximum Gasteiger partial charge on any atom is 0.279 e. The molecule has 0 aliphatic heterocycles. The van der Waals surface area contributed by atoms with Crippen LogP contribution in [0.15, 0.2) is 59.5 Å². The summed E-state index contributed by atoms with van der Waals surface area (Å²) in [6.07, 6.45) is 0. The maximum atomic E-state index is 12.1. The third kappa shape index (κ3) is 4.15. The number of nitrogens with one attached hydrogen (secondary N) is 2. The zero-order valence-corrected chi connectivity index (χ0v) is 14.7. The molecule has 0 aliphatic carbocycles. The van der Waals surface area contributed by atoms with Crippen molar-refractivity contribution in [2.75, 3.05) is 5.75 Å². The average molecular weight is 356 g/mol. The molecule has 4 nitrogen and oxygen atoms in total. The Hall–Kier alpha value is -2.31. The van der Waals surface area contributed by atoms with Crippen LogP contribution in [0.5, 0.6) is 0 Å². The van der Waals surface area contributed by atoms with Crippen molar-refractivity contribution in [2.24, 2.45) is 0 Å². The first-order chi connectivity index (χ1) is 11.6. The number of hydrogen-bond donors (Lipinski definition) is 2. The second kappa shape index (κ2) is 7.51. The van der Waals surface area contributed by atoms with E-state index in [4.69, 9.17) is 0 Å². The molecule has 0 bridgehead atoms. The van der Waals surface area contributed by atoms with Crippen molar-refractivity contribution in [1.82, 2.24) is 10.9 Å². The molecule has 0 atom stereocenters. The number of aryl methyl sites for hydroxylation is 1. The standard InChI is InChI=1S/C18H16N2O2S2/c1-12-6-8-14(9-7-12)23-11-17(21)19-20-18(22)16-10-13-4-2-3-5-15(13)24-16/h2-10H,11H2,1H3,(H,19,21)(H,20,22). The lowest BCUT2D eigenvalue weighted by atomic mass is 10.2. The molecule has 3 rings (SSSR count). The van der Waals surface area contributed by atoms with Crippen LogP contribution in [-0.4, -0.2) is 17.6 Å². The quantitative estimate of drug-likeness (QED) is 0.553. The smallest absolute Gasteiger partial charge is 0.272 e. The van der Waals surface area contributed by atoms with Gasteiger partial charge in [0.2, 0.25) is 5.91 Å². The van der Waals surface area contributed by atoms with Gasteiger partial charge in [0.15, 0.2) is 0 Å². The molecule has 3 aromatic rings. The molecular weight excluding hydrogens is 340 g/mol. The summed E-state index contributed by atoms with van der Waals surface area (Å²) in [5.74, 6) is -0.296. The second-order valence-electron chi connectivity index (χ2n) is 5.25. The summed E-state index contributed by atoms with van der Waals surface area (Å²) in [6, 6.07) is 17.6. The lowest BCUT2D eigenvalue weighted by Crippen LogP contribution is -2.42. The van der Waals surface area contributed by atoms with E-state index in [1.54, 1.807) is 0 Å². The SMILES string of the molecule is Cc1ccc(SCC(=O)NNC(=O)c2cc3ccccc3s2)cc1. The summed E-state index contributed by atoms with van der Waals surface area (Å²) >= 11 is 2.83. The number of carbonyl (C=O) groups excluding carboxylic acids is 2. The van der Waals surface area contributed by atoms with Gasteiger partial charge in [-0.05, 0) is 36.6 Å². The third-order valence-electron chi connectivity index (χ3n) is 3.36. The van der Waals surface area contributed by atoms with Gasteiger partial charge in [-0.2, -0.15) is 0 Å². The molecule has 2 aromatic carbocycles. The fraction of sp³-hybridized carbons (Fsp3) is 0.111. The maximum absolute atomic E-state index is 12.1. The predicted molar refractivity (Wildman–Crippen MR) is 99.3 cm³/mol. The van der Waals surface area contributed by atoms with Crippen LogP contribution in [-0.2, 0) is 4.79 Å². The summed E-state index contributed by atoms with van der Waals surface area (Å²) in [7, 11) is 0. The van der Waals surface area contributed by atoms with E-state index in [2.05, 4.69) is 10.9 Å². The zero-order chi connectivity index (χ0) is 16.9. The number of rotatable bonds is 4. The molecule has 0 radical (unpaired) electrons. The molecule has 6 heteroatoms. The molecule has 0 unspecified atom stereocenters. The fourth-order valence-electron chi connectivity index (χ4n) is 2.10. The minimum atomic E-state index is -0.301. The van der Waals surface area contributed by atoms with Gasteiger partial charge in [0, 0.05) is 9.60 Å². The number of carbonyl (C=O) groups is 2. The highest BCUT2D eigenvalue weighted by molar-refractivity contribution is 8.00. The van der Waals surface area contributed by atoms with Crippen LogP contribution in [0.2, 0.25) is 0 Å². The van der Waals surface area contributed by atoms with Crippen molar-refractivity contribution >= 4 is 45.0 Å². The van der Waals surface area contributed by atoms with E-state index >= 15 is 0 Å². The first kappa shape index (κ1) is 16.5. The third-order valence-corrected chi connectivity index (χ3v) is 5.48. The Bertz CT molecular complexity index is 839. The Morgan fingerprint density at radius 3 is 2.54 bits per heavy atom. The molecule has 0 fully saturated rings. The number of hydrogen-bond acceptors (Lipinski definition) is 4. The molecule has 24 heavy (non-hydrogen) atoms. The number of hydrazine groups is 1. The van der Waals surface area contributed by atoms with Crippen LogP contribution in [0.3, 0.4) is 0 Å². The minimum absolute atomic E-state index is 0.241. The van der Waals surface area contributed by atoms with E-state index in [1.165, 1.54) is 28.7 Å². The Balaban J connectivity index is 1.50. The van der Waals surface area contributed by atoms with Crippen LogP contribution < -0.4 is 10.9 Å². The van der Waals surface area contributed by atoms with Crippen molar-refractivity contribution in [3.63, 3.8) is 0 Å². The van der Waals surface area contributed by atoms with Gasteiger partial charge in [-0.15, -0.1) is 23.1 Å². The molecule has 0 aliphatic rings. The molecule has 122 valence electrons. The highest BCUT2D eigenvalue weighted by Crippen LogP contribution is 2.24. The van der Waals surface area contributed by atoms with Gasteiger partial charge in [-0.25, -0.2) is 0 Å². The van der Waals surface area contributed by atoms with Crippen LogP contribution in [0.25, 0.3) is 10.1 Å². The van der Waals surface area contributed by atoms with E-state index in [9.17, 15) is 9.59 Å². The molecular formula is C18H16N2O2S2. The first-order valence-electron chi connectivity index (χ1n) is 7.39. The molecule has 1 aromatic heterocycles. The second-order valence-corrected chi connectivity index (χ2v) is 7.39. The van der Waals surface area contributed by atoms with Crippen molar-refractivity contribution in [3.8, 4) is 0 Å². The Morgan fingerprint density at radius 1 is 1.04 bits per heavy atom. The molecule has 2 N–H and O–H groups in total. The van der Waals surface area contributed by atoms with Gasteiger partial charge in [-0.3, -0.25) is 20.4 Å². The predicted octanol–water partition coefficient (Wildman–Crippen LogP) is 3.76. The van der Waals surface area contributed by atoms with Crippen molar-refractivity contribution in [1.29, 1.82) is 0 Å². The van der Waals surface area contributed by atoms with E-state index < -0.39 is 0 Å². The van der Waals surface area contributed by atoms with Crippen molar-refractivity contribution in [2.45, 2.75) is 11.8 Å². The van der Waals surface area contributed by atoms with E-state index in [1.807, 2.05) is 61.5 Å². The van der Waals surface area contributed by atoms with Gasteiger partial charge >= 0.3 is 0 Å². The van der Waals surface area contributed by atoms with Crippen molar-refractivity contribution in [3.05, 3.63) is 65.0 Å². The summed E-state index contributed by atoms with van der Waals surface area (Å²) in [4.78, 5) is 25.5. The largest absolute Gasteiger partial charge is 0.279 e. The van der Waals surface area contributed by atoms with E-state index in [-0.39, 0.29) is 17.6 Å². The van der Waals surface area contributed by atoms with Gasteiger partial charge in [0.25, 0.3) is 5.91 Å². The number of thioether (sulfide) groups is 1. The van der Waals surface area contributed by atoms with Crippen molar-refractivity contribution < 1.29 is 9.59 Å². The van der Waals surface area contributed by atoms with Crippen LogP contribution in [0, 0.1) is 6.92 Å². The zero-order valence-electron chi connectivity index (χ0n) is 13.0. The minimum Gasteiger partial charge on any atom is -0.272 e. The van der Waals surface area contributed by atoms with Crippen LogP contribution >= 0.6 is 23.1 Å². The van der Waals surface area contributed by atoms with Gasteiger partial charge in [-0.1, -0.05) is 35.9 Å². The summed E-state index contributed by atoms with van der Waals surface area (Å²) in [6.45, 7) is 2.02.